The van der Waals surface area contributed by atoms with Gasteiger partial charge in [-0.05, 0) is 24.3 Å². The lowest BCUT2D eigenvalue weighted by molar-refractivity contribution is 0.360. The number of rotatable bonds is 3. The minimum Gasteiger partial charge on any atom is -0.512 e. The molecule has 0 rings (SSSR count). The average molecular weight is 182 g/mol. The highest BCUT2D eigenvalue weighted by Crippen LogP contribution is 2.29. The zero-order valence-corrected chi connectivity index (χ0v) is 9.57. The lowest BCUT2D eigenvalue weighted by Crippen LogP contribution is -2.08. The fourth-order valence-corrected chi connectivity index (χ4v) is 1.24. The van der Waals surface area contributed by atoms with Crippen molar-refractivity contribution in [3.63, 3.8) is 0 Å². The molecule has 0 aromatic carbocycles. The normalized spacial score (nSPS) is 13.9. The van der Waals surface area contributed by atoms with Crippen LogP contribution in [0.1, 0.15) is 47.5 Å². The van der Waals surface area contributed by atoms with Crippen LogP contribution in [0.25, 0.3) is 0 Å². The summed E-state index contributed by atoms with van der Waals surface area (Å²) in [6, 6.07) is 0. The lowest BCUT2D eigenvalue weighted by atomic mass is 9.85. The SMILES string of the molecule is C=C(C)/C(CC(C)(C)C)=C(/O)CC. The van der Waals surface area contributed by atoms with Crippen molar-refractivity contribution in [3.05, 3.63) is 23.5 Å². The summed E-state index contributed by atoms with van der Waals surface area (Å²) in [6.45, 7) is 14.3. The van der Waals surface area contributed by atoms with E-state index in [1.807, 2.05) is 13.8 Å². The molecule has 0 aromatic rings. The third-order valence-electron chi connectivity index (χ3n) is 1.91. The van der Waals surface area contributed by atoms with Crippen LogP contribution in [0.2, 0.25) is 0 Å². The minimum absolute atomic E-state index is 0.206. The fraction of sp³-hybridized carbons (Fsp3) is 0.667. The van der Waals surface area contributed by atoms with E-state index in [1.165, 1.54) is 0 Å². The van der Waals surface area contributed by atoms with E-state index in [2.05, 4.69) is 27.4 Å². The first-order chi connectivity index (χ1) is 5.78. The van der Waals surface area contributed by atoms with Gasteiger partial charge in [-0.25, -0.2) is 0 Å². The Morgan fingerprint density at radius 1 is 1.31 bits per heavy atom. The van der Waals surface area contributed by atoms with Gasteiger partial charge < -0.3 is 5.11 Å². The van der Waals surface area contributed by atoms with E-state index in [1.54, 1.807) is 0 Å². The van der Waals surface area contributed by atoms with Gasteiger partial charge in [-0.1, -0.05) is 39.8 Å². The third-order valence-corrected chi connectivity index (χ3v) is 1.91. The topological polar surface area (TPSA) is 20.2 Å². The molecule has 0 fully saturated rings. The number of hydrogen-bond donors (Lipinski definition) is 1. The van der Waals surface area contributed by atoms with Crippen molar-refractivity contribution >= 4 is 0 Å². The zero-order valence-electron chi connectivity index (χ0n) is 9.57. The van der Waals surface area contributed by atoms with Gasteiger partial charge in [0.1, 0.15) is 0 Å². The van der Waals surface area contributed by atoms with Crippen molar-refractivity contribution < 1.29 is 5.11 Å². The monoisotopic (exact) mass is 182 g/mol. The molecule has 0 aliphatic carbocycles. The van der Waals surface area contributed by atoms with E-state index >= 15 is 0 Å². The Hall–Kier alpha value is -0.720. The molecule has 0 heterocycles. The molecule has 0 aromatic heterocycles. The van der Waals surface area contributed by atoms with Crippen molar-refractivity contribution in [2.75, 3.05) is 0 Å². The van der Waals surface area contributed by atoms with E-state index in [9.17, 15) is 5.11 Å². The first-order valence-electron chi connectivity index (χ1n) is 4.84. The second-order valence-electron chi connectivity index (χ2n) is 4.80. The molecule has 13 heavy (non-hydrogen) atoms. The van der Waals surface area contributed by atoms with Gasteiger partial charge in [-0.15, -0.1) is 0 Å². The molecule has 0 spiro atoms. The van der Waals surface area contributed by atoms with Crippen molar-refractivity contribution in [2.45, 2.75) is 47.5 Å². The second kappa shape index (κ2) is 4.50. The quantitative estimate of drug-likeness (QED) is 0.512. The standard InChI is InChI=1S/C12H22O/c1-7-11(13)10(9(2)3)8-12(4,5)6/h13H,2,7-8H2,1,3-6H3/b11-10+. The number of allylic oxidation sites excluding steroid dienone is 3. The molecule has 0 amide bonds. The van der Waals surface area contributed by atoms with Crippen LogP contribution in [0.4, 0.5) is 0 Å². The molecular weight excluding hydrogens is 160 g/mol. The van der Waals surface area contributed by atoms with Gasteiger partial charge in [0.05, 0.1) is 5.76 Å². The summed E-state index contributed by atoms with van der Waals surface area (Å²) in [5.41, 5.74) is 2.21. The molecule has 0 unspecified atom stereocenters. The number of aliphatic hydroxyl groups excluding tert-OH is 1. The predicted octanol–water partition coefficient (Wildman–Crippen LogP) is 4.22. The predicted molar refractivity (Wildman–Crippen MR) is 58.8 cm³/mol. The summed E-state index contributed by atoms with van der Waals surface area (Å²) in [6.07, 6.45) is 1.58. The molecule has 0 saturated heterocycles. The van der Waals surface area contributed by atoms with Crippen LogP contribution >= 0.6 is 0 Å². The van der Waals surface area contributed by atoms with Gasteiger partial charge in [0.2, 0.25) is 0 Å². The van der Waals surface area contributed by atoms with Crippen LogP contribution in [-0.2, 0) is 0 Å². The highest BCUT2D eigenvalue weighted by molar-refractivity contribution is 5.29. The Morgan fingerprint density at radius 3 is 2.00 bits per heavy atom. The molecular formula is C12H22O. The van der Waals surface area contributed by atoms with Crippen LogP contribution in [0.3, 0.4) is 0 Å². The Balaban J connectivity index is 4.75. The maximum Gasteiger partial charge on any atom is 0.0954 e. The molecule has 76 valence electrons. The molecule has 0 aliphatic rings. The van der Waals surface area contributed by atoms with Crippen molar-refractivity contribution in [3.8, 4) is 0 Å². The van der Waals surface area contributed by atoms with Gasteiger partial charge in [0.15, 0.2) is 0 Å². The molecule has 1 heteroatoms. The van der Waals surface area contributed by atoms with E-state index in [-0.39, 0.29) is 5.41 Å². The van der Waals surface area contributed by atoms with Crippen LogP contribution in [-0.4, -0.2) is 5.11 Å². The van der Waals surface area contributed by atoms with E-state index in [0.717, 1.165) is 17.6 Å². The van der Waals surface area contributed by atoms with Gasteiger partial charge in [0.25, 0.3) is 0 Å². The Morgan fingerprint density at radius 2 is 1.77 bits per heavy atom. The summed E-state index contributed by atoms with van der Waals surface area (Å²) in [4.78, 5) is 0. The zero-order chi connectivity index (χ0) is 10.6. The van der Waals surface area contributed by atoms with Gasteiger partial charge >= 0.3 is 0 Å². The van der Waals surface area contributed by atoms with Gasteiger partial charge in [-0.3, -0.25) is 0 Å². The molecule has 1 nitrogen and oxygen atoms in total. The molecule has 0 aliphatic heterocycles. The number of aliphatic hydroxyl groups is 1. The maximum absolute atomic E-state index is 9.67. The minimum atomic E-state index is 0.206. The number of hydrogen-bond acceptors (Lipinski definition) is 1. The van der Waals surface area contributed by atoms with E-state index in [4.69, 9.17) is 0 Å². The smallest absolute Gasteiger partial charge is 0.0954 e. The Kier molecular flexibility index (Phi) is 4.25. The second-order valence-corrected chi connectivity index (χ2v) is 4.80. The highest BCUT2D eigenvalue weighted by Gasteiger charge is 2.16. The third kappa shape index (κ3) is 4.76. The summed E-state index contributed by atoms with van der Waals surface area (Å²) < 4.78 is 0. The molecule has 0 atom stereocenters. The molecule has 0 bridgehead atoms. The highest BCUT2D eigenvalue weighted by atomic mass is 16.3. The summed E-state index contributed by atoms with van der Waals surface area (Å²) in [5.74, 6) is 0.488. The van der Waals surface area contributed by atoms with E-state index in [0.29, 0.717) is 12.2 Å². The maximum atomic E-state index is 9.67. The lowest BCUT2D eigenvalue weighted by Gasteiger charge is -2.21. The van der Waals surface area contributed by atoms with Crippen molar-refractivity contribution in [1.82, 2.24) is 0 Å². The van der Waals surface area contributed by atoms with Crippen molar-refractivity contribution in [1.29, 1.82) is 0 Å². The molecule has 0 saturated carbocycles. The Bertz CT molecular complexity index is 216. The van der Waals surface area contributed by atoms with Crippen LogP contribution < -0.4 is 0 Å². The summed E-state index contributed by atoms with van der Waals surface area (Å²) in [7, 11) is 0. The Labute approximate surface area is 82.2 Å². The summed E-state index contributed by atoms with van der Waals surface area (Å²) in [5, 5.41) is 9.67. The first kappa shape index (κ1) is 12.3. The van der Waals surface area contributed by atoms with Gasteiger partial charge in [0, 0.05) is 6.42 Å². The van der Waals surface area contributed by atoms with Crippen LogP contribution in [0.5, 0.6) is 0 Å². The van der Waals surface area contributed by atoms with Crippen LogP contribution in [0.15, 0.2) is 23.5 Å². The van der Waals surface area contributed by atoms with Crippen LogP contribution in [0, 0.1) is 5.41 Å². The molecule has 1 N–H and O–H groups in total. The average Bonchev–Trinajstić information content (AvgIpc) is 1.96. The largest absolute Gasteiger partial charge is 0.512 e. The first-order valence-corrected chi connectivity index (χ1v) is 4.84. The van der Waals surface area contributed by atoms with Gasteiger partial charge in [-0.2, -0.15) is 0 Å². The fourth-order valence-electron chi connectivity index (χ4n) is 1.24. The van der Waals surface area contributed by atoms with Crippen molar-refractivity contribution in [2.24, 2.45) is 5.41 Å². The molecule has 0 radical (unpaired) electrons. The van der Waals surface area contributed by atoms with E-state index < -0.39 is 0 Å². The summed E-state index contributed by atoms with van der Waals surface area (Å²) >= 11 is 0.